The molecule has 4 fully saturated rings. The average Bonchev–Trinajstić information content (AvgIpc) is 1.84. The van der Waals surface area contributed by atoms with Crippen LogP contribution in [-0.2, 0) is 49.1 Å². The number of ether oxygens (including phenoxy) is 14. The first-order valence-electron chi connectivity index (χ1n) is 32.8. The number of anilines is 1. The Balaban J connectivity index is 0.958. The third-order valence-electron chi connectivity index (χ3n) is 15.7. The van der Waals surface area contributed by atoms with Gasteiger partial charge in [0.25, 0.3) is 0 Å². The zero-order valence-electron chi connectivity index (χ0n) is 58.0. The molecule has 0 spiro atoms. The Kier molecular flexibility index (Phi) is 22.4. The van der Waals surface area contributed by atoms with E-state index in [2.05, 4.69) is 6.92 Å². The number of thiazole rings is 1. The molecule has 0 N–H and O–H groups in total. The van der Waals surface area contributed by atoms with E-state index in [1.54, 1.807) is 60.0 Å². The van der Waals surface area contributed by atoms with Gasteiger partial charge in [0.2, 0.25) is 5.13 Å². The van der Waals surface area contributed by atoms with Crippen molar-refractivity contribution in [1.29, 1.82) is 0 Å². The number of hydrogen-bond acceptors (Lipinski definition) is 20. The number of fused-ring (bicyclic) bond motifs is 1. The smallest absolute Gasteiger partial charge is 0.343 e. The predicted octanol–water partition coefficient (Wildman–Crippen LogP) is 14.1. The van der Waals surface area contributed by atoms with Crippen molar-refractivity contribution in [2.75, 3.05) is 71.0 Å². The molecule has 19 nitrogen and oxygen atoms in total. The maximum Gasteiger partial charge on any atom is 0.343 e. The summed E-state index contributed by atoms with van der Waals surface area (Å²) in [6.45, 7) is 39.8. The average molecular weight is 1310 g/mol. The van der Waals surface area contributed by atoms with E-state index in [0.717, 1.165) is 27.3 Å². The van der Waals surface area contributed by atoms with Crippen molar-refractivity contribution in [2.45, 2.75) is 225 Å². The second kappa shape index (κ2) is 29.2. The van der Waals surface area contributed by atoms with E-state index < -0.39 is 56.7 Å². The number of para-hydroxylation sites is 1. The molecule has 93 heavy (non-hydrogen) atoms. The van der Waals surface area contributed by atoms with Crippen molar-refractivity contribution in [1.82, 2.24) is 4.98 Å². The van der Waals surface area contributed by atoms with E-state index in [0.29, 0.717) is 120 Å². The number of esters is 2. The number of rotatable bonds is 39. The zero-order chi connectivity index (χ0) is 67.2. The lowest BCUT2D eigenvalue weighted by Gasteiger charge is -2.38. The van der Waals surface area contributed by atoms with Gasteiger partial charge in [0.1, 0.15) is 52.6 Å². The monoisotopic (exact) mass is 1310 g/mol. The van der Waals surface area contributed by atoms with E-state index in [4.69, 9.17) is 76.4 Å². The fourth-order valence-corrected chi connectivity index (χ4v) is 13.1. The Hall–Kier alpha value is -5.94. The highest BCUT2D eigenvalue weighted by molar-refractivity contribution is 7.22. The van der Waals surface area contributed by atoms with Crippen molar-refractivity contribution in [3.63, 3.8) is 0 Å². The van der Waals surface area contributed by atoms with Crippen LogP contribution in [0.5, 0.6) is 28.7 Å². The van der Waals surface area contributed by atoms with E-state index >= 15 is 0 Å². The number of benzene rings is 4. The van der Waals surface area contributed by atoms with Gasteiger partial charge in [-0.1, -0.05) is 36.5 Å². The van der Waals surface area contributed by atoms with Crippen molar-refractivity contribution < 1.29 is 75.9 Å². The SMILES string of the molecule is CCCN(/N=C/c1cc(CCOC(=O)c2ccc(OC(C)(C)CC(C)(C)OCC3CO3)c(OC(C)(C)CC(C)(C)OCC3CO3)c2)ccc1OC(=O)c1ccc(OC(C)(C)CC(C)(C)OCC2CO2)c(OC(C)(C)CC(C)(C)OCC2CO2)c1)c1nc2ccccc2s1. The molecule has 0 saturated carbocycles. The molecule has 4 saturated heterocycles. The van der Waals surface area contributed by atoms with Gasteiger partial charge in [-0.2, -0.15) is 5.10 Å². The first kappa shape index (κ1) is 71.4. The Morgan fingerprint density at radius 1 is 0.527 bits per heavy atom. The van der Waals surface area contributed by atoms with Gasteiger partial charge in [-0.05, 0) is 183 Å². The summed E-state index contributed by atoms with van der Waals surface area (Å²) in [7, 11) is 0. The Morgan fingerprint density at radius 2 is 0.935 bits per heavy atom. The highest BCUT2D eigenvalue weighted by Crippen LogP contribution is 2.42. The second-order valence-corrected chi connectivity index (χ2v) is 31.1. The molecule has 0 radical (unpaired) electrons. The number of hydrazone groups is 1. The topological polar surface area (TPSA) is 205 Å². The van der Waals surface area contributed by atoms with Crippen LogP contribution in [0.1, 0.15) is 182 Å². The van der Waals surface area contributed by atoms with Gasteiger partial charge in [0, 0.05) is 44.2 Å². The van der Waals surface area contributed by atoms with Crippen LogP contribution in [0.3, 0.4) is 0 Å². The molecule has 20 heteroatoms. The predicted molar refractivity (Wildman–Crippen MR) is 360 cm³/mol. The number of carbonyl (C=O) groups is 2. The van der Waals surface area contributed by atoms with Crippen LogP contribution in [0.15, 0.2) is 84.0 Å². The van der Waals surface area contributed by atoms with Crippen LogP contribution < -0.4 is 28.7 Å². The third kappa shape index (κ3) is 23.2. The molecular formula is C73H101N3O16S. The van der Waals surface area contributed by atoms with Crippen molar-refractivity contribution in [3.8, 4) is 28.7 Å². The van der Waals surface area contributed by atoms with Crippen molar-refractivity contribution >= 4 is 44.8 Å². The van der Waals surface area contributed by atoms with E-state index in [1.165, 1.54) is 0 Å². The minimum absolute atomic E-state index is 0.0228. The summed E-state index contributed by atoms with van der Waals surface area (Å²) in [5.41, 5.74) is -2.48. The maximum absolute atomic E-state index is 14.7. The Labute approximate surface area is 554 Å². The van der Waals surface area contributed by atoms with Crippen LogP contribution in [0.25, 0.3) is 10.2 Å². The highest BCUT2D eigenvalue weighted by atomic mass is 32.1. The van der Waals surface area contributed by atoms with Crippen molar-refractivity contribution in [2.24, 2.45) is 5.10 Å². The molecule has 5 heterocycles. The van der Waals surface area contributed by atoms with E-state index in [1.807, 2.05) is 152 Å². The lowest BCUT2D eigenvalue weighted by Crippen LogP contribution is -2.41. The third-order valence-corrected chi connectivity index (χ3v) is 16.8. The second-order valence-electron chi connectivity index (χ2n) is 30.1. The normalized spacial score (nSPS) is 18.5. The summed E-state index contributed by atoms with van der Waals surface area (Å²) >= 11 is 1.54. The molecule has 1 aromatic heterocycles. The summed E-state index contributed by atoms with van der Waals surface area (Å²) < 4.78 is 87.5. The van der Waals surface area contributed by atoms with E-state index in [9.17, 15) is 9.59 Å². The quantitative estimate of drug-likeness (QED) is 0.0118. The summed E-state index contributed by atoms with van der Waals surface area (Å²) in [6.07, 6.45) is 5.36. The van der Waals surface area contributed by atoms with Crippen LogP contribution in [0.4, 0.5) is 5.13 Å². The minimum Gasteiger partial charge on any atom is -0.484 e. The molecule has 4 atom stereocenters. The number of epoxide rings is 4. The fourth-order valence-electron chi connectivity index (χ4n) is 12.1. The zero-order valence-corrected chi connectivity index (χ0v) is 58.8. The number of hydrogen-bond donors (Lipinski definition) is 0. The van der Waals surface area contributed by atoms with Crippen LogP contribution in [0, 0.1) is 0 Å². The van der Waals surface area contributed by atoms with Gasteiger partial charge in [-0.15, -0.1) is 0 Å². The molecule has 5 aromatic rings. The van der Waals surface area contributed by atoms with Gasteiger partial charge in [0.15, 0.2) is 23.0 Å². The van der Waals surface area contributed by atoms with Crippen LogP contribution in [0.2, 0.25) is 0 Å². The standard InChI is InChI=1S/C73H101N3O16S/c1-18-30-76(65-75-56-21-19-20-22-62(56)93-65)74-35-51-32-48(29-31-79-63(77)49-24-27-58(89-70(10,11)44-66(2,3)84-40-52-36-80-52)60(33-49)91-72(14,15)46-68(6,7)86-42-54-38-82-54)23-26-57(51)88-64(78)50-25-28-59(90-71(12,13)45-67(4,5)85-41-53-37-81-53)61(34-50)92-73(16,17)47-69(8,9)87-43-55-39-83-55/h19-28,32-35,52-55H,18,29-31,36-47H2,1-17H3/b74-35+. The number of nitrogens with zero attached hydrogens (tertiary/aromatic N) is 3. The molecule has 4 aliphatic heterocycles. The molecule has 4 aromatic carbocycles. The van der Waals surface area contributed by atoms with Gasteiger partial charge in [0.05, 0.1) is 109 Å². The summed E-state index contributed by atoms with van der Waals surface area (Å²) in [4.78, 5) is 33.8. The van der Waals surface area contributed by atoms with E-state index in [-0.39, 0.29) is 47.9 Å². The highest BCUT2D eigenvalue weighted by Gasteiger charge is 2.40. The van der Waals surface area contributed by atoms with Gasteiger partial charge in [-0.25, -0.2) is 19.6 Å². The van der Waals surface area contributed by atoms with Gasteiger partial charge >= 0.3 is 11.9 Å². The molecule has 510 valence electrons. The molecule has 0 aliphatic carbocycles. The number of carbonyl (C=O) groups excluding carboxylic acids is 2. The molecule has 0 bridgehead atoms. The first-order valence-corrected chi connectivity index (χ1v) is 33.7. The number of aromatic nitrogens is 1. The molecule has 4 aliphatic rings. The Bertz CT molecular complexity index is 3340. The summed E-state index contributed by atoms with van der Waals surface area (Å²) in [5, 5.41) is 7.56. The van der Waals surface area contributed by atoms with Crippen LogP contribution >= 0.6 is 11.3 Å². The maximum atomic E-state index is 14.7. The minimum atomic E-state index is -0.795. The lowest BCUT2D eigenvalue weighted by molar-refractivity contribution is -0.0755. The summed E-state index contributed by atoms with van der Waals surface area (Å²) in [6, 6.07) is 23.7. The van der Waals surface area contributed by atoms with Crippen molar-refractivity contribution in [3.05, 3.63) is 101 Å². The molecular weight excluding hydrogens is 1210 g/mol. The molecule has 0 amide bonds. The fraction of sp³-hybridized carbons (Fsp3) is 0.616. The Morgan fingerprint density at radius 3 is 1.35 bits per heavy atom. The van der Waals surface area contributed by atoms with Gasteiger partial charge < -0.3 is 66.3 Å². The largest absolute Gasteiger partial charge is 0.484 e. The lowest BCUT2D eigenvalue weighted by atomic mass is 9.91. The van der Waals surface area contributed by atoms with Gasteiger partial charge in [-0.3, -0.25) is 0 Å². The summed E-state index contributed by atoms with van der Waals surface area (Å²) in [5.74, 6) is 0.740. The van der Waals surface area contributed by atoms with Crippen LogP contribution in [-0.4, -0.2) is 158 Å². The molecule has 4 unspecified atom stereocenters. The molecule has 9 rings (SSSR count). The first-order chi connectivity index (χ1) is 43.6.